The van der Waals surface area contributed by atoms with Gasteiger partial charge in [-0.2, -0.15) is 4.31 Å². The molecule has 2 aromatic rings. The molecule has 1 fully saturated rings. The summed E-state index contributed by atoms with van der Waals surface area (Å²) in [7, 11) is -3.49. The Morgan fingerprint density at radius 3 is 2.04 bits per heavy atom. The van der Waals surface area contributed by atoms with Crippen LogP contribution in [0.25, 0.3) is 0 Å². The van der Waals surface area contributed by atoms with E-state index in [4.69, 9.17) is 4.74 Å². The SMILES string of the molecule is O=C(Oc1ccccc1)C1CCN(S(=O)(=O)c2ccccc2)CC1. The average molecular weight is 345 g/mol. The van der Waals surface area contributed by atoms with Gasteiger partial charge in [-0.3, -0.25) is 4.79 Å². The molecule has 1 aliphatic rings. The number of carbonyl (C=O) groups is 1. The second kappa shape index (κ2) is 7.15. The van der Waals surface area contributed by atoms with E-state index in [1.165, 1.54) is 4.31 Å². The Labute approximate surface area is 141 Å². The lowest BCUT2D eigenvalue weighted by molar-refractivity contribution is -0.140. The van der Waals surface area contributed by atoms with E-state index in [1.807, 2.05) is 6.07 Å². The van der Waals surface area contributed by atoms with Gasteiger partial charge >= 0.3 is 5.97 Å². The van der Waals surface area contributed by atoms with Crippen molar-refractivity contribution in [1.82, 2.24) is 4.31 Å². The molecular formula is C18H19NO4S. The summed E-state index contributed by atoms with van der Waals surface area (Å²) in [5.74, 6) is -0.0489. The fourth-order valence-corrected chi connectivity index (χ4v) is 4.25. The number of esters is 1. The van der Waals surface area contributed by atoms with E-state index in [1.54, 1.807) is 54.6 Å². The molecule has 1 heterocycles. The predicted molar refractivity (Wildman–Crippen MR) is 90.0 cm³/mol. The summed E-state index contributed by atoms with van der Waals surface area (Å²) in [6, 6.07) is 17.3. The highest BCUT2D eigenvalue weighted by Crippen LogP contribution is 2.25. The molecule has 0 bridgehead atoms. The van der Waals surface area contributed by atoms with Crippen LogP contribution < -0.4 is 4.74 Å². The molecule has 6 heteroatoms. The minimum absolute atomic E-state index is 0.271. The van der Waals surface area contributed by atoms with Crippen molar-refractivity contribution in [3.05, 3.63) is 60.7 Å². The summed E-state index contributed by atoms with van der Waals surface area (Å²) < 4.78 is 31.9. The summed E-state index contributed by atoms with van der Waals surface area (Å²) in [6.07, 6.45) is 0.940. The number of hydrogen-bond donors (Lipinski definition) is 0. The van der Waals surface area contributed by atoms with Gasteiger partial charge in [0.05, 0.1) is 10.8 Å². The number of piperidine rings is 1. The van der Waals surface area contributed by atoms with E-state index < -0.39 is 10.0 Å². The van der Waals surface area contributed by atoms with Gasteiger partial charge in [0.15, 0.2) is 0 Å². The summed E-state index contributed by atoms with van der Waals surface area (Å²) in [6.45, 7) is 0.650. The van der Waals surface area contributed by atoms with Gasteiger partial charge in [0, 0.05) is 13.1 Å². The van der Waals surface area contributed by atoms with E-state index in [0.717, 1.165) is 0 Å². The highest BCUT2D eigenvalue weighted by atomic mass is 32.2. The Bertz CT molecular complexity index is 782. The molecule has 2 aromatic carbocycles. The molecule has 0 saturated carbocycles. The Morgan fingerprint density at radius 1 is 0.917 bits per heavy atom. The highest BCUT2D eigenvalue weighted by molar-refractivity contribution is 7.89. The summed E-state index contributed by atoms with van der Waals surface area (Å²) >= 11 is 0. The van der Waals surface area contributed by atoms with Crippen molar-refractivity contribution >= 4 is 16.0 Å². The number of hydrogen-bond acceptors (Lipinski definition) is 4. The van der Waals surface area contributed by atoms with Crippen LogP contribution in [-0.2, 0) is 14.8 Å². The van der Waals surface area contributed by atoms with Gasteiger partial charge in [-0.15, -0.1) is 0 Å². The molecule has 0 amide bonds. The molecule has 0 aliphatic carbocycles. The molecule has 3 rings (SSSR count). The maximum absolute atomic E-state index is 12.6. The summed E-state index contributed by atoms with van der Waals surface area (Å²) in [5.41, 5.74) is 0. The molecule has 0 N–H and O–H groups in total. The van der Waals surface area contributed by atoms with Crippen LogP contribution in [-0.4, -0.2) is 31.8 Å². The zero-order valence-corrected chi connectivity index (χ0v) is 14.0. The fraction of sp³-hybridized carbons (Fsp3) is 0.278. The first-order valence-corrected chi connectivity index (χ1v) is 9.33. The number of benzene rings is 2. The van der Waals surface area contributed by atoms with Crippen molar-refractivity contribution in [1.29, 1.82) is 0 Å². The van der Waals surface area contributed by atoms with Crippen LogP contribution in [0.5, 0.6) is 5.75 Å². The second-order valence-electron chi connectivity index (χ2n) is 5.73. The first-order valence-electron chi connectivity index (χ1n) is 7.89. The van der Waals surface area contributed by atoms with E-state index in [0.29, 0.717) is 31.7 Å². The van der Waals surface area contributed by atoms with Crippen LogP contribution in [0.15, 0.2) is 65.6 Å². The third-order valence-electron chi connectivity index (χ3n) is 4.13. The molecule has 5 nitrogen and oxygen atoms in total. The molecule has 1 saturated heterocycles. The van der Waals surface area contributed by atoms with E-state index >= 15 is 0 Å². The lowest BCUT2D eigenvalue weighted by atomic mass is 9.98. The highest BCUT2D eigenvalue weighted by Gasteiger charge is 2.32. The molecule has 24 heavy (non-hydrogen) atoms. The van der Waals surface area contributed by atoms with Gasteiger partial charge in [-0.25, -0.2) is 8.42 Å². The zero-order chi connectivity index (χ0) is 17.0. The molecule has 1 aliphatic heterocycles. The Hall–Kier alpha value is -2.18. The Balaban J connectivity index is 1.61. The maximum atomic E-state index is 12.6. The van der Waals surface area contributed by atoms with Crippen molar-refractivity contribution in [3.8, 4) is 5.75 Å². The van der Waals surface area contributed by atoms with Gasteiger partial charge in [0.25, 0.3) is 0 Å². The number of carbonyl (C=O) groups excluding carboxylic acids is 1. The van der Waals surface area contributed by atoms with Crippen LogP contribution >= 0.6 is 0 Å². The largest absolute Gasteiger partial charge is 0.426 e. The van der Waals surface area contributed by atoms with Crippen LogP contribution in [0.2, 0.25) is 0 Å². The Morgan fingerprint density at radius 2 is 1.46 bits per heavy atom. The van der Waals surface area contributed by atoms with Crippen LogP contribution in [0, 0.1) is 5.92 Å². The monoisotopic (exact) mass is 345 g/mol. The first kappa shape index (κ1) is 16.7. The fourth-order valence-electron chi connectivity index (χ4n) is 2.76. The van der Waals surface area contributed by atoms with Crippen molar-refractivity contribution in [2.75, 3.05) is 13.1 Å². The number of para-hydroxylation sites is 1. The number of ether oxygens (including phenoxy) is 1. The lowest BCUT2D eigenvalue weighted by Crippen LogP contribution is -2.41. The van der Waals surface area contributed by atoms with Crippen molar-refractivity contribution in [2.45, 2.75) is 17.7 Å². The minimum Gasteiger partial charge on any atom is -0.426 e. The number of nitrogens with zero attached hydrogens (tertiary/aromatic N) is 1. The van der Waals surface area contributed by atoms with Crippen LogP contribution in [0.3, 0.4) is 0 Å². The third kappa shape index (κ3) is 3.66. The minimum atomic E-state index is -3.49. The molecular weight excluding hydrogens is 326 g/mol. The lowest BCUT2D eigenvalue weighted by Gasteiger charge is -2.30. The number of rotatable bonds is 4. The molecule has 0 aromatic heterocycles. The molecule has 0 atom stereocenters. The molecule has 0 spiro atoms. The molecule has 126 valence electrons. The predicted octanol–water partition coefficient (Wildman–Crippen LogP) is 2.69. The Kier molecular flexibility index (Phi) is 4.97. The van der Waals surface area contributed by atoms with E-state index in [-0.39, 0.29) is 16.8 Å². The van der Waals surface area contributed by atoms with E-state index in [2.05, 4.69) is 0 Å². The van der Waals surface area contributed by atoms with Crippen molar-refractivity contribution in [2.24, 2.45) is 5.92 Å². The van der Waals surface area contributed by atoms with E-state index in [9.17, 15) is 13.2 Å². The van der Waals surface area contributed by atoms with Crippen LogP contribution in [0.1, 0.15) is 12.8 Å². The smallest absolute Gasteiger partial charge is 0.314 e. The normalized spacial score (nSPS) is 16.7. The van der Waals surface area contributed by atoms with Gasteiger partial charge in [0.1, 0.15) is 5.75 Å². The standard InChI is InChI=1S/C18H19NO4S/c20-18(23-16-7-3-1-4-8-16)15-11-13-19(14-12-15)24(21,22)17-9-5-2-6-10-17/h1-10,15H,11-14H2. The summed E-state index contributed by atoms with van der Waals surface area (Å²) in [4.78, 5) is 12.5. The van der Waals surface area contributed by atoms with Gasteiger partial charge in [0.2, 0.25) is 10.0 Å². The topological polar surface area (TPSA) is 63.7 Å². The number of sulfonamides is 1. The van der Waals surface area contributed by atoms with Crippen molar-refractivity contribution in [3.63, 3.8) is 0 Å². The van der Waals surface area contributed by atoms with Crippen LogP contribution in [0.4, 0.5) is 0 Å². The first-order chi connectivity index (χ1) is 11.6. The quantitative estimate of drug-likeness (QED) is 0.631. The molecule has 0 unspecified atom stereocenters. The average Bonchev–Trinajstić information content (AvgIpc) is 2.63. The van der Waals surface area contributed by atoms with Gasteiger partial charge in [-0.1, -0.05) is 36.4 Å². The van der Waals surface area contributed by atoms with Crippen molar-refractivity contribution < 1.29 is 17.9 Å². The zero-order valence-electron chi connectivity index (χ0n) is 13.2. The maximum Gasteiger partial charge on any atom is 0.314 e. The second-order valence-corrected chi connectivity index (χ2v) is 7.66. The third-order valence-corrected chi connectivity index (χ3v) is 6.04. The summed E-state index contributed by atoms with van der Waals surface area (Å²) in [5, 5.41) is 0. The van der Waals surface area contributed by atoms with Gasteiger partial charge < -0.3 is 4.74 Å². The molecule has 0 radical (unpaired) electrons. The van der Waals surface area contributed by atoms with Gasteiger partial charge in [-0.05, 0) is 37.1 Å².